The van der Waals surface area contributed by atoms with Crippen molar-refractivity contribution in [2.45, 2.75) is 13.8 Å². The summed E-state index contributed by atoms with van der Waals surface area (Å²) in [7, 11) is 0. The van der Waals surface area contributed by atoms with Crippen molar-refractivity contribution in [1.82, 2.24) is 0 Å². The molecule has 0 heterocycles. The van der Waals surface area contributed by atoms with Gasteiger partial charge in [0.25, 0.3) is 5.91 Å². The highest BCUT2D eigenvalue weighted by Gasteiger charge is 2.14. The molecule has 20 heavy (non-hydrogen) atoms. The summed E-state index contributed by atoms with van der Waals surface area (Å²) in [5.41, 5.74) is 2.85. The zero-order valence-corrected chi connectivity index (χ0v) is 14.0. The van der Waals surface area contributed by atoms with Crippen LogP contribution in [0.3, 0.4) is 0 Å². The third-order valence-electron chi connectivity index (χ3n) is 2.93. The number of hydrogen-bond acceptors (Lipinski definition) is 1. The van der Waals surface area contributed by atoms with E-state index in [9.17, 15) is 4.79 Å². The van der Waals surface area contributed by atoms with Crippen molar-refractivity contribution in [2.75, 3.05) is 5.32 Å². The second-order valence-electron chi connectivity index (χ2n) is 4.47. The van der Waals surface area contributed by atoms with Crippen LogP contribution in [-0.2, 0) is 0 Å². The smallest absolute Gasteiger partial charge is 0.257 e. The van der Waals surface area contributed by atoms with Crippen LogP contribution in [0.25, 0.3) is 0 Å². The molecule has 104 valence electrons. The number of aryl methyl sites for hydroxylation is 2. The van der Waals surface area contributed by atoms with Crippen LogP contribution in [0.1, 0.15) is 21.5 Å². The Kier molecular flexibility index (Phi) is 4.74. The van der Waals surface area contributed by atoms with Crippen molar-refractivity contribution in [2.24, 2.45) is 0 Å². The number of carbonyl (C=O) groups is 1. The molecule has 0 bridgehead atoms. The number of nitrogens with one attached hydrogen (secondary N) is 1. The Morgan fingerprint density at radius 1 is 1.15 bits per heavy atom. The highest BCUT2D eigenvalue weighted by atomic mass is 79.9. The van der Waals surface area contributed by atoms with Gasteiger partial charge in [0.2, 0.25) is 0 Å². The monoisotopic (exact) mass is 371 g/mol. The first-order chi connectivity index (χ1) is 9.40. The second kappa shape index (κ2) is 6.17. The van der Waals surface area contributed by atoms with Crippen LogP contribution in [-0.4, -0.2) is 5.91 Å². The number of benzene rings is 2. The summed E-state index contributed by atoms with van der Waals surface area (Å²) in [4.78, 5) is 12.3. The highest BCUT2D eigenvalue weighted by Crippen LogP contribution is 2.30. The van der Waals surface area contributed by atoms with E-state index < -0.39 is 0 Å². The SMILES string of the molecule is Cc1cc(Br)c(NC(=O)c2cccc(C)c2Cl)cc1Cl. The topological polar surface area (TPSA) is 29.1 Å². The molecule has 0 radical (unpaired) electrons. The minimum atomic E-state index is -0.265. The molecule has 0 saturated heterocycles. The molecule has 0 saturated carbocycles. The summed E-state index contributed by atoms with van der Waals surface area (Å²) >= 11 is 15.6. The Morgan fingerprint density at radius 3 is 2.55 bits per heavy atom. The number of hydrogen-bond donors (Lipinski definition) is 1. The van der Waals surface area contributed by atoms with E-state index in [0.29, 0.717) is 21.3 Å². The lowest BCUT2D eigenvalue weighted by Crippen LogP contribution is -2.13. The van der Waals surface area contributed by atoms with Crippen LogP contribution >= 0.6 is 39.1 Å². The molecule has 0 aliphatic rings. The molecular weight excluding hydrogens is 361 g/mol. The Labute approximate surface area is 136 Å². The van der Waals surface area contributed by atoms with Crippen molar-refractivity contribution in [1.29, 1.82) is 0 Å². The minimum absolute atomic E-state index is 0.265. The van der Waals surface area contributed by atoms with Crippen LogP contribution in [0, 0.1) is 13.8 Å². The minimum Gasteiger partial charge on any atom is -0.321 e. The first kappa shape index (κ1) is 15.4. The predicted octanol–water partition coefficient (Wildman–Crippen LogP) is 5.63. The second-order valence-corrected chi connectivity index (χ2v) is 6.11. The van der Waals surface area contributed by atoms with Gasteiger partial charge in [-0.05, 0) is 59.1 Å². The van der Waals surface area contributed by atoms with Crippen molar-refractivity contribution in [3.05, 3.63) is 61.5 Å². The number of carbonyl (C=O) groups excluding carboxylic acids is 1. The molecule has 0 spiro atoms. The molecule has 0 fully saturated rings. The molecule has 1 N–H and O–H groups in total. The van der Waals surface area contributed by atoms with Gasteiger partial charge in [-0.3, -0.25) is 4.79 Å². The van der Waals surface area contributed by atoms with E-state index >= 15 is 0 Å². The summed E-state index contributed by atoms with van der Waals surface area (Å²) in [5, 5.41) is 3.86. The zero-order chi connectivity index (χ0) is 14.9. The largest absolute Gasteiger partial charge is 0.321 e. The maximum atomic E-state index is 12.3. The summed E-state index contributed by atoms with van der Waals surface area (Å²) in [6, 6.07) is 8.91. The van der Waals surface area contributed by atoms with E-state index in [1.807, 2.05) is 26.0 Å². The first-order valence-corrected chi connectivity index (χ1v) is 7.47. The lowest BCUT2D eigenvalue weighted by Gasteiger charge is -2.11. The van der Waals surface area contributed by atoms with E-state index in [4.69, 9.17) is 23.2 Å². The fraction of sp³-hybridized carbons (Fsp3) is 0.133. The van der Waals surface area contributed by atoms with Gasteiger partial charge in [0.15, 0.2) is 0 Å². The fourth-order valence-electron chi connectivity index (χ4n) is 1.75. The van der Waals surface area contributed by atoms with Crippen molar-refractivity contribution < 1.29 is 4.79 Å². The Balaban J connectivity index is 2.33. The summed E-state index contributed by atoms with van der Waals surface area (Å²) in [5.74, 6) is -0.265. The molecule has 5 heteroatoms. The van der Waals surface area contributed by atoms with Crippen LogP contribution in [0.5, 0.6) is 0 Å². The van der Waals surface area contributed by atoms with Gasteiger partial charge >= 0.3 is 0 Å². The van der Waals surface area contributed by atoms with Crippen molar-refractivity contribution in [3.8, 4) is 0 Å². The van der Waals surface area contributed by atoms with Crippen molar-refractivity contribution >= 4 is 50.7 Å². The standard InChI is InChI=1S/C15H12BrCl2NO/c1-8-4-3-5-10(14(8)18)15(20)19-13-7-12(17)9(2)6-11(13)16/h3-7H,1-2H3,(H,19,20). The highest BCUT2D eigenvalue weighted by molar-refractivity contribution is 9.10. The van der Waals surface area contributed by atoms with Crippen LogP contribution in [0.2, 0.25) is 10.0 Å². The average Bonchev–Trinajstić information content (AvgIpc) is 2.39. The van der Waals surface area contributed by atoms with E-state index in [1.54, 1.807) is 18.2 Å². The Morgan fingerprint density at radius 2 is 1.85 bits per heavy atom. The van der Waals surface area contributed by atoms with E-state index in [2.05, 4.69) is 21.2 Å². The number of halogens is 3. The van der Waals surface area contributed by atoms with Gasteiger partial charge in [-0.2, -0.15) is 0 Å². The third-order valence-corrected chi connectivity index (χ3v) is 4.50. The van der Waals surface area contributed by atoms with Crippen LogP contribution in [0.4, 0.5) is 5.69 Å². The quantitative estimate of drug-likeness (QED) is 0.727. The Hall–Kier alpha value is -1.03. The maximum absolute atomic E-state index is 12.3. The molecule has 2 nitrogen and oxygen atoms in total. The van der Waals surface area contributed by atoms with Gasteiger partial charge < -0.3 is 5.32 Å². The average molecular weight is 373 g/mol. The van der Waals surface area contributed by atoms with Gasteiger partial charge in [-0.15, -0.1) is 0 Å². The number of amides is 1. The zero-order valence-electron chi connectivity index (χ0n) is 10.9. The molecule has 0 aliphatic heterocycles. The molecule has 0 atom stereocenters. The van der Waals surface area contributed by atoms with Crippen LogP contribution in [0.15, 0.2) is 34.8 Å². The maximum Gasteiger partial charge on any atom is 0.257 e. The van der Waals surface area contributed by atoms with E-state index in [1.165, 1.54) is 0 Å². The van der Waals surface area contributed by atoms with Gasteiger partial charge in [0.1, 0.15) is 0 Å². The van der Waals surface area contributed by atoms with Gasteiger partial charge in [-0.25, -0.2) is 0 Å². The summed E-state index contributed by atoms with van der Waals surface area (Å²) in [6.07, 6.45) is 0. The van der Waals surface area contributed by atoms with E-state index in [0.717, 1.165) is 15.6 Å². The lowest BCUT2D eigenvalue weighted by atomic mass is 10.1. The molecule has 1 amide bonds. The third kappa shape index (κ3) is 3.17. The van der Waals surface area contributed by atoms with Gasteiger partial charge in [0, 0.05) is 9.50 Å². The molecule has 2 aromatic carbocycles. The molecule has 2 aromatic rings. The van der Waals surface area contributed by atoms with Crippen LogP contribution < -0.4 is 5.32 Å². The first-order valence-electron chi connectivity index (χ1n) is 5.92. The molecule has 0 aliphatic carbocycles. The number of anilines is 1. The van der Waals surface area contributed by atoms with Gasteiger partial charge in [-0.1, -0.05) is 35.3 Å². The Bertz CT molecular complexity index is 686. The summed E-state index contributed by atoms with van der Waals surface area (Å²) < 4.78 is 0.775. The lowest BCUT2D eigenvalue weighted by molar-refractivity contribution is 0.102. The molecule has 2 rings (SSSR count). The van der Waals surface area contributed by atoms with E-state index in [-0.39, 0.29) is 5.91 Å². The predicted molar refractivity (Wildman–Crippen MR) is 88.0 cm³/mol. The molecule has 0 unspecified atom stereocenters. The summed E-state index contributed by atoms with van der Waals surface area (Å²) in [6.45, 7) is 3.76. The van der Waals surface area contributed by atoms with Crippen molar-refractivity contribution in [3.63, 3.8) is 0 Å². The number of rotatable bonds is 2. The fourth-order valence-corrected chi connectivity index (χ4v) is 2.69. The molecule has 0 aromatic heterocycles. The van der Waals surface area contributed by atoms with Gasteiger partial charge in [0.05, 0.1) is 16.3 Å². The normalized spacial score (nSPS) is 10.4. The molecular formula is C15H12BrCl2NO.